The van der Waals surface area contributed by atoms with Gasteiger partial charge in [0.1, 0.15) is 21.3 Å². The van der Waals surface area contributed by atoms with Crippen LogP contribution in [0.25, 0.3) is 21.0 Å². The molecule has 1 N–H and O–H groups in total. The number of carbonyl (C=O) groups excluding carboxylic acids is 1. The van der Waals surface area contributed by atoms with E-state index in [-0.39, 0.29) is 12.0 Å². The molecule has 0 amide bonds. The second kappa shape index (κ2) is 10.3. The molecule has 1 fully saturated rings. The van der Waals surface area contributed by atoms with Gasteiger partial charge in [-0.3, -0.25) is 4.90 Å². The topological polar surface area (TPSA) is 67.3 Å². The number of rotatable bonds is 7. The summed E-state index contributed by atoms with van der Waals surface area (Å²) >= 11 is 1.40. The van der Waals surface area contributed by atoms with E-state index in [1.807, 2.05) is 13.8 Å². The molecule has 6 nitrogen and oxygen atoms in total. The average molecular weight is 489 g/mol. The van der Waals surface area contributed by atoms with Gasteiger partial charge in [-0.25, -0.2) is 14.8 Å². The lowest BCUT2D eigenvalue weighted by Crippen LogP contribution is -2.30. The van der Waals surface area contributed by atoms with Crippen molar-refractivity contribution in [2.24, 2.45) is 0 Å². The van der Waals surface area contributed by atoms with Crippen LogP contribution >= 0.6 is 11.3 Å². The molecule has 3 heterocycles. The lowest BCUT2D eigenvalue weighted by atomic mass is 10.0. The number of likely N-dealkylation sites (tertiary alicyclic amines) is 1. The number of fused-ring (bicyclic) bond motifs is 2. The van der Waals surface area contributed by atoms with Crippen LogP contribution in [0.1, 0.15) is 65.8 Å². The molecule has 2 aromatic carbocycles. The van der Waals surface area contributed by atoms with E-state index in [1.54, 1.807) is 0 Å². The molecule has 7 heteroatoms. The third kappa shape index (κ3) is 5.02. The Hall–Kier alpha value is -3.03. The Balaban J connectivity index is 1.52. The van der Waals surface area contributed by atoms with Gasteiger partial charge >= 0.3 is 5.97 Å². The highest BCUT2D eigenvalue weighted by molar-refractivity contribution is 7.20. The van der Waals surface area contributed by atoms with Gasteiger partial charge in [0, 0.05) is 6.04 Å². The van der Waals surface area contributed by atoms with Gasteiger partial charge in [-0.1, -0.05) is 42.8 Å². The fourth-order valence-electron chi connectivity index (χ4n) is 4.83. The number of benzene rings is 2. The van der Waals surface area contributed by atoms with Gasteiger partial charge in [-0.15, -0.1) is 11.3 Å². The summed E-state index contributed by atoms with van der Waals surface area (Å²) in [6.45, 7) is 9.17. The molecule has 0 radical (unpaired) electrons. The molecule has 1 aliphatic heterocycles. The molecule has 35 heavy (non-hydrogen) atoms. The number of anilines is 1. The Morgan fingerprint density at radius 1 is 1.11 bits per heavy atom. The largest absolute Gasteiger partial charge is 0.462 e. The smallest absolute Gasteiger partial charge is 0.348 e. The molecule has 0 spiro atoms. The number of aryl methyl sites for hydroxylation is 1. The Morgan fingerprint density at radius 3 is 2.66 bits per heavy atom. The second-order valence-corrected chi connectivity index (χ2v) is 10.3. The van der Waals surface area contributed by atoms with Crippen LogP contribution in [0.2, 0.25) is 0 Å². The van der Waals surface area contributed by atoms with Crippen LogP contribution in [0.5, 0.6) is 0 Å². The number of hydrogen-bond donors (Lipinski definition) is 1. The number of aromatic nitrogens is 2. The molecule has 182 valence electrons. The Bertz CT molecular complexity index is 1360. The number of ether oxygens (including phenoxy) is 1. The third-order valence-corrected chi connectivity index (χ3v) is 7.90. The van der Waals surface area contributed by atoms with Crippen LogP contribution in [0.15, 0.2) is 42.5 Å². The van der Waals surface area contributed by atoms with E-state index in [9.17, 15) is 4.79 Å². The van der Waals surface area contributed by atoms with Crippen molar-refractivity contribution in [3.63, 3.8) is 0 Å². The number of nitrogens with zero attached hydrogens (tertiary/aromatic N) is 3. The van der Waals surface area contributed by atoms with Crippen molar-refractivity contribution in [3.05, 3.63) is 64.3 Å². The first-order chi connectivity index (χ1) is 17.0. The van der Waals surface area contributed by atoms with Crippen LogP contribution in [-0.2, 0) is 11.3 Å². The van der Waals surface area contributed by atoms with E-state index in [4.69, 9.17) is 14.7 Å². The predicted octanol–water partition coefficient (Wildman–Crippen LogP) is 6.49. The molecule has 0 unspecified atom stereocenters. The van der Waals surface area contributed by atoms with Crippen molar-refractivity contribution >= 4 is 44.1 Å². The molecular weight excluding hydrogens is 456 g/mol. The monoisotopic (exact) mass is 488 g/mol. The molecule has 1 atom stereocenters. The average Bonchev–Trinajstić information content (AvgIpc) is 3.21. The van der Waals surface area contributed by atoms with E-state index in [0.29, 0.717) is 11.5 Å². The zero-order chi connectivity index (χ0) is 24.4. The van der Waals surface area contributed by atoms with E-state index >= 15 is 0 Å². The molecule has 0 bridgehead atoms. The fourth-order valence-corrected chi connectivity index (χ4v) is 5.93. The van der Waals surface area contributed by atoms with E-state index < -0.39 is 0 Å². The standard InChI is InChI=1S/C28H32N4O2S/c1-4-34-28(33)25-18(2)24-26(29-19(3)21-13-12-20-10-6-7-11-22(20)16-21)30-23(31-27(24)35-25)17-32-14-8-5-9-15-32/h6-7,10-13,16,19H,4-5,8-9,14-15,17H2,1-3H3,(H,29,30,31)/t19-/m1/s1. The maximum absolute atomic E-state index is 12.6. The number of hydrogen-bond acceptors (Lipinski definition) is 7. The van der Waals surface area contributed by atoms with Gasteiger partial charge in [0.2, 0.25) is 0 Å². The van der Waals surface area contributed by atoms with E-state index in [1.165, 1.54) is 46.9 Å². The minimum absolute atomic E-state index is 0.0332. The Kier molecular flexibility index (Phi) is 6.97. The quantitative estimate of drug-likeness (QED) is 0.300. The fraction of sp³-hybridized carbons (Fsp3) is 0.393. The summed E-state index contributed by atoms with van der Waals surface area (Å²) in [6, 6.07) is 15.0. The highest BCUT2D eigenvalue weighted by Crippen LogP contribution is 2.36. The van der Waals surface area contributed by atoms with Crippen LogP contribution in [0.4, 0.5) is 5.82 Å². The van der Waals surface area contributed by atoms with Gasteiger partial charge in [-0.05, 0) is 74.7 Å². The molecular formula is C28H32N4O2S. The van der Waals surface area contributed by atoms with Crippen molar-refractivity contribution in [1.29, 1.82) is 0 Å². The normalized spacial score (nSPS) is 15.4. The summed E-state index contributed by atoms with van der Waals surface area (Å²) in [5.74, 6) is 1.29. The maximum Gasteiger partial charge on any atom is 0.348 e. The van der Waals surface area contributed by atoms with Crippen molar-refractivity contribution in [3.8, 4) is 0 Å². The van der Waals surface area contributed by atoms with Crippen LogP contribution in [-0.4, -0.2) is 40.5 Å². The summed E-state index contributed by atoms with van der Waals surface area (Å²) in [7, 11) is 0. The highest BCUT2D eigenvalue weighted by atomic mass is 32.1. The predicted molar refractivity (Wildman–Crippen MR) is 143 cm³/mol. The van der Waals surface area contributed by atoms with Gasteiger partial charge in [-0.2, -0.15) is 0 Å². The first-order valence-electron chi connectivity index (χ1n) is 12.5. The zero-order valence-corrected chi connectivity index (χ0v) is 21.5. The molecule has 0 aliphatic carbocycles. The summed E-state index contributed by atoms with van der Waals surface area (Å²) < 4.78 is 5.32. The summed E-state index contributed by atoms with van der Waals surface area (Å²) in [5, 5.41) is 7.01. The van der Waals surface area contributed by atoms with E-state index in [0.717, 1.165) is 47.1 Å². The van der Waals surface area contributed by atoms with Gasteiger partial charge in [0.15, 0.2) is 0 Å². The molecule has 1 saturated heterocycles. The van der Waals surface area contributed by atoms with E-state index in [2.05, 4.69) is 59.6 Å². The minimum atomic E-state index is -0.292. The number of esters is 1. The van der Waals surface area contributed by atoms with Gasteiger partial charge in [0.05, 0.1) is 18.5 Å². The summed E-state index contributed by atoms with van der Waals surface area (Å²) in [5.41, 5.74) is 2.06. The lowest BCUT2D eigenvalue weighted by Gasteiger charge is -2.26. The molecule has 0 saturated carbocycles. The molecule has 4 aromatic rings. The summed E-state index contributed by atoms with van der Waals surface area (Å²) in [6.07, 6.45) is 3.73. The molecule has 5 rings (SSSR count). The first-order valence-corrected chi connectivity index (χ1v) is 13.3. The minimum Gasteiger partial charge on any atom is -0.462 e. The molecule has 2 aromatic heterocycles. The van der Waals surface area contributed by atoms with Crippen molar-refractivity contribution in [2.45, 2.75) is 52.6 Å². The van der Waals surface area contributed by atoms with Crippen LogP contribution in [0.3, 0.4) is 0 Å². The SMILES string of the molecule is CCOC(=O)c1sc2nc(CN3CCCCC3)nc(N[C@H](C)c3ccc4ccccc4c3)c2c1C. The van der Waals surface area contributed by atoms with Crippen molar-refractivity contribution in [2.75, 3.05) is 25.0 Å². The van der Waals surface area contributed by atoms with Crippen LogP contribution < -0.4 is 5.32 Å². The van der Waals surface area contributed by atoms with Gasteiger partial charge < -0.3 is 10.1 Å². The summed E-state index contributed by atoms with van der Waals surface area (Å²) in [4.78, 5) is 26.4. The Labute approximate surface area is 210 Å². The molecule has 1 aliphatic rings. The second-order valence-electron chi connectivity index (χ2n) is 9.25. The van der Waals surface area contributed by atoms with Gasteiger partial charge in [0.25, 0.3) is 0 Å². The first kappa shape index (κ1) is 23.7. The number of thiophene rings is 1. The van der Waals surface area contributed by atoms with Crippen molar-refractivity contribution in [1.82, 2.24) is 14.9 Å². The van der Waals surface area contributed by atoms with Crippen molar-refractivity contribution < 1.29 is 9.53 Å². The lowest BCUT2D eigenvalue weighted by molar-refractivity contribution is 0.0531. The number of piperidine rings is 1. The third-order valence-electron chi connectivity index (χ3n) is 6.74. The maximum atomic E-state index is 12.6. The zero-order valence-electron chi connectivity index (χ0n) is 20.6. The number of carbonyl (C=O) groups is 1. The van der Waals surface area contributed by atoms with Crippen LogP contribution in [0, 0.1) is 6.92 Å². The number of nitrogens with one attached hydrogen (secondary N) is 1. The Morgan fingerprint density at radius 2 is 1.89 bits per heavy atom. The highest BCUT2D eigenvalue weighted by Gasteiger charge is 2.23.